The van der Waals surface area contributed by atoms with Gasteiger partial charge in [-0.1, -0.05) is 18.2 Å². The molecule has 7 nitrogen and oxygen atoms in total. The maximum absolute atomic E-state index is 13.2. The fraction of sp³-hybridized carbons (Fsp3) is 0.333. The van der Waals surface area contributed by atoms with Crippen molar-refractivity contribution < 1.29 is 13.2 Å². The van der Waals surface area contributed by atoms with E-state index in [1.807, 2.05) is 62.7 Å². The molecule has 3 rings (SSSR count). The maximum Gasteiger partial charge on any atom is 0.253 e. The average molecular weight is 455 g/mol. The van der Waals surface area contributed by atoms with Crippen LogP contribution in [0.2, 0.25) is 0 Å². The summed E-state index contributed by atoms with van der Waals surface area (Å²) in [5.41, 5.74) is 3.96. The summed E-state index contributed by atoms with van der Waals surface area (Å²) in [5.74, 6) is -0.105. The van der Waals surface area contributed by atoms with E-state index in [4.69, 9.17) is 0 Å². The molecule has 3 aromatic rings. The lowest BCUT2D eigenvalue weighted by Gasteiger charge is -2.20. The number of amides is 1. The van der Waals surface area contributed by atoms with Crippen LogP contribution in [0.5, 0.6) is 0 Å². The van der Waals surface area contributed by atoms with E-state index in [0.717, 1.165) is 22.6 Å². The number of carbonyl (C=O) groups excluding carboxylic acids is 1. The van der Waals surface area contributed by atoms with Crippen LogP contribution in [0.1, 0.15) is 41.2 Å². The largest absolute Gasteiger partial charge is 0.339 e. The molecule has 1 amide bonds. The van der Waals surface area contributed by atoms with Crippen LogP contribution in [0.15, 0.2) is 59.5 Å². The van der Waals surface area contributed by atoms with E-state index in [-0.39, 0.29) is 17.3 Å². The lowest BCUT2D eigenvalue weighted by atomic mass is 10.2. The number of rotatable bonds is 8. The zero-order valence-electron chi connectivity index (χ0n) is 19.2. The molecule has 0 atom stereocenters. The Morgan fingerprint density at radius 2 is 1.56 bits per heavy atom. The Balaban J connectivity index is 1.83. The van der Waals surface area contributed by atoms with Crippen molar-refractivity contribution >= 4 is 15.9 Å². The number of benzene rings is 2. The third-order valence-corrected chi connectivity index (χ3v) is 7.50. The van der Waals surface area contributed by atoms with Gasteiger partial charge in [0.25, 0.3) is 5.91 Å². The summed E-state index contributed by atoms with van der Waals surface area (Å²) < 4.78 is 29.5. The van der Waals surface area contributed by atoms with Gasteiger partial charge in [-0.05, 0) is 64.1 Å². The van der Waals surface area contributed by atoms with Crippen LogP contribution < -0.4 is 0 Å². The Labute approximate surface area is 190 Å². The standard InChI is InChI=1S/C24H30N4O3S/c1-6-27(7-2)24(29)20-13-15-22(16-14-20)32(30,31)26(5)17-23-18(3)25-28(19(23)4)21-11-9-8-10-12-21/h8-16H,6-7,17H2,1-5H3. The summed E-state index contributed by atoms with van der Waals surface area (Å²) in [7, 11) is -2.17. The van der Waals surface area contributed by atoms with Crippen molar-refractivity contribution in [1.29, 1.82) is 0 Å². The number of carbonyl (C=O) groups is 1. The third kappa shape index (κ3) is 4.61. The molecule has 0 aliphatic heterocycles. The molecule has 170 valence electrons. The van der Waals surface area contributed by atoms with E-state index in [1.54, 1.807) is 24.1 Å². The van der Waals surface area contributed by atoms with Crippen LogP contribution in [-0.4, -0.2) is 53.4 Å². The zero-order valence-corrected chi connectivity index (χ0v) is 20.1. The number of sulfonamides is 1. The molecular formula is C24H30N4O3S. The minimum atomic E-state index is -3.73. The Morgan fingerprint density at radius 1 is 0.969 bits per heavy atom. The zero-order chi connectivity index (χ0) is 23.5. The summed E-state index contributed by atoms with van der Waals surface area (Å²) in [5, 5.41) is 4.60. The Morgan fingerprint density at radius 3 is 2.12 bits per heavy atom. The fourth-order valence-corrected chi connectivity index (χ4v) is 4.81. The Kier molecular flexibility index (Phi) is 7.16. The van der Waals surface area contributed by atoms with E-state index in [1.165, 1.54) is 16.4 Å². The summed E-state index contributed by atoms with van der Waals surface area (Å²) in [6.07, 6.45) is 0. The molecule has 0 bridgehead atoms. The molecule has 0 aliphatic carbocycles. The van der Waals surface area contributed by atoms with Crippen molar-refractivity contribution in [3.8, 4) is 5.69 Å². The molecule has 0 saturated carbocycles. The first-order chi connectivity index (χ1) is 15.2. The molecule has 0 saturated heterocycles. The first kappa shape index (κ1) is 23.7. The van der Waals surface area contributed by atoms with Gasteiger partial charge in [-0.2, -0.15) is 9.40 Å². The van der Waals surface area contributed by atoms with Gasteiger partial charge in [-0.25, -0.2) is 13.1 Å². The number of para-hydroxylation sites is 1. The SMILES string of the molecule is CCN(CC)C(=O)c1ccc(S(=O)(=O)N(C)Cc2c(C)nn(-c3ccccc3)c2C)cc1. The number of hydrogen-bond acceptors (Lipinski definition) is 4. The monoisotopic (exact) mass is 454 g/mol. The van der Waals surface area contributed by atoms with Crippen molar-refractivity contribution in [2.24, 2.45) is 0 Å². The highest BCUT2D eigenvalue weighted by Crippen LogP contribution is 2.23. The topological polar surface area (TPSA) is 75.5 Å². The second-order valence-electron chi connectivity index (χ2n) is 7.66. The molecule has 0 spiro atoms. The Hall–Kier alpha value is -2.97. The van der Waals surface area contributed by atoms with Crippen molar-refractivity contribution in [2.75, 3.05) is 20.1 Å². The van der Waals surface area contributed by atoms with Crippen molar-refractivity contribution in [1.82, 2.24) is 19.0 Å². The second-order valence-corrected chi connectivity index (χ2v) is 9.70. The van der Waals surface area contributed by atoms with Crippen LogP contribution in [-0.2, 0) is 16.6 Å². The van der Waals surface area contributed by atoms with Gasteiger partial charge in [-0.3, -0.25) is 4.79 Å². The van der Waals surface area contributed by atoms with Gasteiger partial charge in [0.2, 0.25) is 10.0 Å². The molecule has 0 unspecified atom stereocenters. The van der Waals surface area contributed by atoms with Gasteiger partial charge in [0.05, 0.1) is 16.3 Å². The maximum atomic E-state index is 13.2. The minimum Gasteiger partial charge on any atom is -0.339 e. The van der Waals surface area contributed by atoms with Gasteiger partial charge in [0.15, 0.2) is 0 Å². The first-order valence-corrected chi connectivity index (χ1v) is 12.1. The lowest BCUT2D eigenvalue weighted by molar-refractivity contribution is 0.0773. The molecule has 0 radical (unpaired) electrons. The van der Waals surface area contributed by atoms with Gasteiger partial charge >= 0.3 is 0 Å². The molecule has 0 N–H and O–H groups in total. The van der Waals surface area contributed by atoms with E-state index in [2.05, 4.69) is 5.10 Å². The first-order valence-electron chi connectivity index (χ1n) is 10.7. The van der Waals surface area contributed by atoms with Crippen molar-refractivity contribution in [2.45, 2.75) is 39.1 Å². The number of aromatic nitrogens is 2. The minimum absolute atomic E-state index is 0.105. The molecule has 8 heteroatoms. The molecule has 1 heterocycles. The van der Waals surface area contributed by atoms with Crippen LogP contribution in [0, 0.1) is 13.8 Å². The molecular weight excluding hydrogens is 424 g/mol. The number of aryl methyl sites for hydroxylation is 1. The molecule has 1 aromatic heterocycles. The van der Waals surface area contributed by atoms with Crippen molar-refractivity contribution in [3.63, 3.8) is 0 Å². The molecule has 32 heavy (non-hydrogen) atoms. The van der Waals surface area contributed by atoms with Gasteiger partial charge < -0.3 is 4.90 Å². The van der Waals surface area contributed by atoms with E-state index < -0.39 is 10.0 Å². The smallest absolute Gasteiger partial charge is 0.253 e. The van der Waals surface area contributed by atoms with E-state index in [9.17, 15) is 13.2 Å². The highest BCUT2D eigenvalue weighted by atomic mass is 32.2. The number of hydrogen-bond donors (Lipinski definition) is 0. The van der Waals surface area contributed by atoms with Gasteiger partial charge in [0.1, 0.15) is 0 Å². The lowest BCUT2D eigenvalue weighted by Crippen LogP contribution is -2.30. The van der Waals surface area contributed by atoms with Gasteiger partial charge in [-0.15, -0.1) is 0 Å². The van der Waals surface area contributed by atoms with Crippen molar-refractivity contribution in [3.05, 3.63) is 77.1 Å². The highest BCUT2D eigenvalue weighted by Gasteiger charge is 2.24. The molecule has 0 fully saturated rings. The van der Waals surface area contributed by atoms with E-state index in [0.29, 0.717) is 18.7 Å². The average Bonchev–Trinajstić information content (AvgIpc) is 3.08. The van der Waals surface area contributed by atoms with Gasteiger partial charge in [0, 0.05) is 43.5 Å². The van der Waals surface area contributed by atoms with Crippen LogP contribution >= 0.6 is 0 Å². The summed E-state index contributed by atoms with van der Waals surface area (Å²) >= 11 is 0. The third-order valence-electron chi connectivity index (χ3n) is 5.68. The summed E-state index contributed by atoms with van der Waals surface area (Å²) in [4.78, 5) is 14.3. The molecule has 0 aliphatic rings. The number of nitrogens with zero attached hydrogens (tertiary/aromatic N) is 4. The summed E-state index contributed by atoms with van der Waals surface area (Å²) in [6.45, 7) is 9.07. The predicted molar refractivity (Wildman–Crippen MR) is 125 cm³/mol. The fourth-order valence-electron chi connectivity index (χ4n) is 3.67. The van der Waals surface area contributed by atoms with Crippen LogP contribution in [0.3, 0.4) is 0 Å². The van der Waals surface area contributed by atoms with Crippen LogP contribution in [0.25, 0.3) is 5.69 Å². The highest BCUT2D eigenvalue weighted by molar-refractivity contribution is 7.89. The Bertz CT molecular complexity index is 1180. The normalized spacial score (nSPS) is 11.7. The molecule has 2 aromatic carbocycles. The van der Waals surface area contributed by atoms with Crippen LogP contribution in [0.4, 0.5) is 0 Å². The second kappa shape index (κ2) is 9.67. The van der Waals surface area contributed by atoms with E-state index >= 15 is 0 Å². The summed E-state index contributed by atoms with van der Waals surface area (Å²) in [6, 6.07) is 15.9. The predicted octanol–water partition coefficient (Wildman–Crippen LogP) is 3.79. The quantitative estimate of drug-likeness (QED) is 0.519.